The summed E-state index contributed by atoms with van der Waals surface area (Å²) in [6.45, 7) is 18.6. The van der Waals surface area contributed by atoms with Crippen LogP contribution in [0.2, 0.25) is 0 Å². The van der Waals surface area contributed by atoms with E-state index in [0.29, 0.717) is 25.9 Å². The van der Waals surface area contributed by atoms with E-state index in [1.54, 1.807) is 6.08 Å². The smallest absolute Gasteiger partial charge is 0.315 e. The first kappa shape index (κ1) is 44.3. The van der Waals surface area contributed by atoms with Gasteiger partial charge < -0.3 is 26.6 Å². The number of hydrogen-bond acceptors (Lipinski definition) is 6. The fourth-order valence-electron chi connectivity index (χ4n) is 4.72. The van der Waals surface area contributed by atoms with Gasteiger partial charge in [0.1, 0.15) is 12.1 Å². The van der Waals surface area contributed by atoms with E-state index in [1.165, 1.54) is 18.4 Å². The van der Waals surface area contributed by atoms with Gasteiger partial charge in [0.15, 0.2) is 6.29 Å². The van der Waals surface area contributed by atoms with Gasteiger partial charge in [-0.3, -0.25) is 19.2 Å². The maximum Gasteiger partial charge on any atom is 0.315 e. The predicted molar refractivity (Wildman–Crippen MR) is 176 cm³/mol. The number of Topliss-reactive ketones (excluding diaryl/α,β-unsaturated/α-hetero) is 1. The van der Waals surface area contributed by atoms with E-state index >= 15 is 0 Å². The van der Waals surface area contributed by atoms with Gasteiger partial charge in [-0.15, -0.1) is 18.9 Å². The van der Waals surface area contributed by atoms with E-state index in [-0.39, 0.29) is 25.0 Å². The largest absolute Gasteiger partial charge is 0.344 e. The van der Waals surface area contributed by atoms with Crippen LogP contribution in [-0.4, -0.2) is 73.1 Å². The average molecular weight is 608 g/mol. The second kappa shape index (κ2) is 27.6. The maximum absolute atomic E-state index is 13.6. The average Bonchev–Trinajstić information content (AvgIpc) is 3.54. The minimum atomic E-state index is -1.01. The molecule has 0 spiro atoms. The number of ketones is 1. The van der Waals surface area contributed by atoms with Crippen molar-refractivity contribution < 1.29 is 24.0 Å². The fraction of sp³-hybridized carbons (Fsp3) is 0.727. The maximum atomic E-state index is 13.6. The topological polar surface area (TPSA) is 151 Å². The van der Waals surface area contributed by atoms with Crippen LogP contribution in [0.4, 0.5) is 4.79 Å². The summed E-state index contributed by atoms with van der Waals surface area (Å²) in [6.07, 6.45) is 14.4. The third-order valence-corrected chi connectivity index (χ3v) is 6.80. The van der Waals surface area contributed by atoms with E-state index in [4.69, 9.17) is 12.2 Å². The van der Waals surface area contributed by atoms with E-state index in [9.17, 15) is 24.0 Å². The van der Waals surface area contributed by atoms with Gasteiger partial charge in [0.25, 0.3) is 0 Å². The molecular formula is C33H61N5O5. The first-order chi connectivity index (χ1) is 20.6. The molecule has 0 aromatic carbocycles. The highest BCUT2D eigenvalue weighted by Crippen LogP contribution is 2.40. The number of urea groups is 1. The van der Waals surface area contributed by atoms with Crippen molar-refractivity contribution >= 4 is 29.9 Å². The summed E-state index contributed by atoms with van der Waals surface area (Å²) in [5.41, 5.74) is 4.50. The van der Waals surface area contributed by atoms with Gasteiger partial charge in [-0.05, 0) is 37.5 Å². The van der Waals surface area contributed by atoms with Crippen LogP contribution in [-0.2, 0) is 19.2 Å². The number of terminal acetylenes is 1. The Hall–Kier alpha value is -3.19. The minimum Gasteiger partial charge on any atom is -0.344 e. The number of aldehydes is 1. The molecular weight excluding hydrogens is 546 g/mol. The molecule has 4 amide bonds. The third-order valence-electron chi connectivity index (χ3n) is 6.80. The van der Waals surface area contributed by atoms with Crippen molar-refractivity contribution in [1.29, 1.82) is 0 Å². The summed E-state index contributed by atoms with van der Waals surface area (Å²) >= 11 is 0. The van der Waals surface area contributed by atoms with Crippen molar-refractivity contribution in [3.8, 4) is 12.3 Å². The van der Waals surface area contributed by atoms with Gasteiger partial charge >= 0.3 is 6.03 Å². The van der Waals surface area contributed by atoms with Gasteiger partial charge in [0, 0.05) is 26.6 Å². The molecule has 1 aliphatic heterocycles. The molecule has 0 bridgehead atoms. The summed E-state index contributed by atoms with van der Waals surface area (Å²) in [4.78, 5) is 63.1. The number of carbonyl (C=O) groups excluding carboxylic acids is 5. The van der Waals surface area contributed by atoms with Gasteiger partial charge in [0.05, 0.1) is 6.04 Å². The van der Waals surface area contributed by atoms with Crippen LogP contribution >= 0.6 is 0 Å². The monoisotopic (exact) mass is 607 g/mol. The number of rotatable bonds is 10. The second-order valence-corrected chi connectivity index (χ2v) is 10.1. The number of carbonyl (C=O) groups is 5. The Balaban J connectivity index is -0.00000127. The molecule has 5 N–H and O–H groups in total. The number of amides is 4. The van der Waals surface area contributed by atoms with Crippen LogP contribution < -0.4 is 21.7 Å². The van der Waals surface area contributed by atoms with Crippen LogP contribution in [0.5, 0.6) is 0 Å². The van der Waals surface area contributed by atoms with E-state index in [2.05, 4.69) is 42.3 Å². The summed E-state index contributed by atoms with van der Waals surface area (Å²) in [7, 11) is 1.49. The molecule has 1 aliphatic carbocycles. The molecule has 10 nitrogen and oxygen atoms in total. The summed E-state index contributed by atoms with van der Waals surface area (Å²) in [5.74, 6) is 0.865. The zero-order chi connectivity index (χ0) is 33.8. The summed E-state index contributed by atoms with van der Waals surface area (Å²) < 4.78 is 0. The normalized spacial score (nSPS) is 17.3. The van der Waals surface area contributed by atoms with Crippen LogP contribution in [0.25, 0.3) is 0 Å². The standard InChI is InChI=1S/C23H34N4O5.C3H7N.C3H8.2C2H6/c1-4-5-10-16(18(29)15-28)25-20(30)17-11-9-14-27(17)21(31)19(26-22(32)24-3)23(2)12-7-6-8-13-23;1-2-3-4;1-3-2;2*1-2/h1,15-17,19H,5-14H2,2-3H3,(H,25,30)(H2,24,26,32);2H,1,3-4H2;3H2,1-2H3;2*1-2H3. The highest BCUT2D eigenvalue weighted by atomic mass is 16.2. The molecule has 3 atom stereocenters. The Morgan fingerprint density at radius 2 is 1.60 bits per heavy atom. The molecule has 248 valence electrons. The predicted octanol–water partition coefficient (Wildman–Crippen LogP) is 4.51. The van der Waals surface area contributed by atoms with Crippen molar-refractivity contribution in [2.45, 2.75) is 131 Å². The molecule has 1 saturated heterocycles. The zero-order valence-corrected chi connectivity index (χ0v) is 28.2. The van der Waals surface area contributed by atoms with Crippen molar-refractivity contribution in [2.24, 2.45) is 11.1 Å². The van der Waals surface area contributed by atoms with Crippen molar-refractivity contribution in [3.05, 3.63) is 12.7 Å². The molecule has 2 rings (SSSR count). The van der Waals surface area contributed by atoms with E-state index in [1.807, 2.05) is 34.6 Å². The lowest BCUT2D eigenvalue weighted by molar-refractivity contribution is -0.143. The molecule has 0 radical (unpaired) electrons. The number of hydrogen-bond donors (Lipinski definition) is 4. The quantitative estimate of drug-likeness (QED) is 0.124. The Morgan fingerprint density at radius 3 is 2.05 bits per heavy atom. The van der Waals surface area contributed by atoms with E-state index in [0.717, 1.165) is 32.1 Å². The second-order valence-electron chi connectivity index (χ2n) is 10.1. The molecule has 0 aromatic rings. The first-order valence-electron chi connectivity index (χ1n) is 15.9. The third kappa shape index (κ3) is 16.9. The zero-order valence-electron chi connectivity index (χ0n) is 28.2. The molecule has 1 saturated carbocycles. The van der Waals surface area contributed by atoms with Crippen molar-refractivity contribution in [2.75, 3.05) is 20.1 Å². The molecule has 2 fully saturated rings. The lowest BCUT2D eigenvalue weighted by Gasteiger charge is -2.42. The Bertz CT molecular complexity index is 849. The Labute approximate surface area is 261 Å². The lowest BCUT2D eigenvalue weighted by Crippen LogP contribution is -2.60. The highest BCUT2D eigenvalue weighted by molar-refractivity contribution is 6.28. The molecule has 3 unspecified atom stereocenters. The summed E-state index contributed by atoms with van der Waals surface area (Å²) in [5, 5.41) is 7.92. The first-order valence-corrected chi connectivity index (χ1v) is 15.9. The number of nitrogens with one attached hydrogen (secondary N) is 3. The molecule has 43 heavy (non-hydrogen) atoms. The van der Waals surface area contributed by atoms with Gasteiger partial charge in [-0.1, -0.05) is 80.2 Å². The van der Waals surface area contributed by atoms with Crippen molar-refractivity contribution in [3.63, 3.8) is 0 Å². The van der Waals surface area contributed by atoms with Crippen LogP contribution in [0.1, 0.15) is 113 Å². The highest BCUT2D eigenvalue weighted by Gasteiger charge is 2.46. The van der Waals surface area contributed by atoms with Crippen LogP contribution in [0.15, 0.2) is 12.7 Å². The van der Waals surface area contributed by atoms with Crippen molar-refractivity contribution in [1.82, 2.24) is 20.9 Å². The Kier molecular flexibility index (Phi) is 28.4. The number of nitrogens with two attached hydrogens (primary N) is 1. The van der Waals surface area contributed by atoms with E-state index < -0.39 is 41.3 Å². The summed E-state index contributed by atoms with van der Waals surface area (Å²) in [6, 6.07) is -2.98. The minimum absolute atomic E-state index is 0.152. The van der Waals surface area contributed by atoms with Gasteiger partial charge in [-0.2, -0.15) is 0 Å². The van der Waals surface area contributed by atoms with Crippen LogP contribution in [0, 0.1) is 17.8 Å². The van der Waals surface area contributed by atoms with Crippen LogP contribution in [0.3, 0.4) is 0 Å². The molecule has 10 heteroatoms. The molecule has 0 aromatic heterocycles. The molecule has 1 heterocycles. The van der Waals surface area contributed by atoms with Gasteiger partial charge in [0.2, 0.25) is 17.6 Å². The number of nitrogens with zero attached hydrogens (tertiary/aromatic N) is 1. The van der Waals surface area contributed by atoms with Gasteiger partial charge in [-0.25, -0.2) is 4.79 Å². The molecule has 2 aliphatic rings. The Morgan fingerprint density at radius 1 is 1.07 bits per heavy atom. The fourth-order valence-corrected chi connectivity index (χ4v) is 4.72. The lowest BCUT2D eigenvalue weighted by atomic mass is 9.70. The number of likely N-dealkylation sites (tertiary alicyclic amines) is 1. The SMILES string of the molecule is C#CCCC(NC(=O)C1CCCN1C(=O)C(NC(=O)NC)C1(C)CCCCC1)C(=O)C=O.C=CCN.CC.CC.CCC.